The van der Waals surface area contributed by atoms with Crippen molar-refractivity contribution in [3.63, 3.8) is 0 Å². The van der Waals surface area contributed by atoms with Gasteiger partial charge in [-0.1, -0.05) is 43.7 Å². The average Bonchev–Trinajstić information content (AvgIpc) is 3.04. The fourth-order valence-corrected chi connectivity index (χ4v) is 3.08. The highest BCUT2D eigenvalue weighted by molar-refractivity contribution is 5.97. The number of amides is 1. The number of aromatic nitrogens is 1. The summed E-state index contributed by atoms with van der Waals surface area (Å²) in [6, 6.07) is 12.2. The number of benzene rings is 1. The molecule has 25 heavy (non-hydrogen) atoms. The molecule has 0 spiro atoms. The van der Waals surface area contributed by atoms with Crippen LogP contribution in [-0.2, 0) is 6.54 Å². The molecule has 1 aromatic carbocycles. The molecule has 0 saturated heterocycles. The third kappa shape index (κ3) is 3.95. The van der Waals surface area contributed by atoms with E-state index in [4.69, 9.17) is 4.42 Å². The van der Waals surface area contributed by atoms with Crippen LogP contribution in [0.25, 0.3) is 11.1 Å². The largest absolute Gasteiger partial charge is 0.460 e. The Morgan fingerprint density at radius 3 is 2.72 bits per heavy atom. The van der Waals surface area contributed by atoms with Gasteiger partial charge < -0.3 is 14.3 Å². The summed E-state index contributed by atoms with van der Waals surface area (Å²) >= 11 is 0. The molecule has 2 heterocycles. The van der Waals surface area contributed by atoms with Crippen molar-refractivity contribution in [1.82, 2.24) is 9.88 Å². The lowest BCUT2D eigenvalue weighted by Crippen LogP contribution is -2.27. The number of fused-ring (bicyclic) bond motifs is 1. The molecular weight excluding hydrogens is 312 g/mol. The number of furan rings is 1. The van der Waals surface area contributed by atoms with E-state index in [1.54, 1.807) is 0 Å². The Balaban J connectivity index is 1.92. The van der Waals surface area contributed by atoms with Crippen molar-refractivity contribution in [2.45, 2.75) is 40.7 Å². The van der Waals surface area contributed by atoms with Crippen LogP contribution < -0.4 is 5.32 Å². The summed E-state index contributed by atoms with van der Waals surface area (Å²) in [4.78, 5) is 12.7. The van der Waals surface area contributed by atoms with Crippen LogP contribution in [0.2, 0.25) is 0 Å². The van der Waals surface area contributed by atoms with Crippen molar-refractivity contribution in [3.05, 3.63) is 59.0 Å². The van der Waals surface area contributed by atoms with Crippen molar-refractivity contribution in [2.24, 2.45) is 5.92 Å². The van der Waals surface area contributed by atoms with Crippen LogP contribution in [0.5, 0.6) is 0 Å². The lowest BCUT2D eigenvalue weighted by atomic mass is 10.1. The van der Waals surface area contributed by atoms with Gasteiger partial charge in [0.1, 0.15) is 11.5 Å². The van der Waals surface area contributed by atoms with Crippen LogP contribution >= 0.6 is 0 Å². The molecule has 132 valence electrons. The smallest absolute Gasteiger partial charge is 0.268 e. The fourth-order valence-electron chi connectivity index (χ4n) is 3.08. The first-order chi connectivity index (χ1) is 11.9. The molecule has 3 rings (SSSR count). The molecule has 3 aromatic rings. The second-order valence-corrected chi connectivity index (χ2v) is 7.15. The van der Waals surface area contributed by atoms with E-state index in [1.807, 2.05) is 29.7 Å². The molecule has 0 unspecified atom stereocenters. The zero-order chi connectivity index (χ0) is 18.0. The van der Waals surface area contributed by atoms with Gasteiger partial charge in [-0.3, -0.25) is 4.79 Å². The van der Waals surface area contributed by atoms with Gasteiger partial charge in [-0.15, -0.1) is 0 Å². The van der Waals surface area contributed by atoms with Crippen molar-refractivity contribution >= 4 is 17.0 Å². The topological polar surface area (TPSA) is 47.2 Å². The Bertz CT molecular complexity index is 887. The van der Waals surface area contributed by atoms with Crippen LogP contribution in [0.1, 0.15) is 47.6 Å². The number of carbonyl (C=O) groups excluding carboxylic acids is 1. The lowest BCUT2D eigenvalue weighted by Gasteiger charge is -2.12. The maximum absolute atomic E-state index is 12.7. The number of hydrogen-bond donors (Lipinski definition) is 1. The van der Waals surface area contributed by atoms with Gasteiger partial charge in [0.15, 0.2) is 5.58 Å². The minimum absolute atomic E-state index is 0.0441. The van der Waals surface area contributed by atoms with Gasteiger partial charge in [-0.25, -0.2) is 0 Å². The maximum Gasteiger partial charge on any atom is 0.268 e. The summed E-state index contributed by atoms with van der Waals surface area (Å²) in [7, 11) is 0. The molecule has 0 bridgehead atoms. The Hall–Kier alpha value is -2.49. The minimum atomic E-state index is -0.0441. The van der Waals surface area contributed by atoms with E-state index in [1.165, 1.54) is 11.1 Å². The number of nitrogens with one attached hydrogen (secondary N) is 1. The highest BCUT2D eigenvalue weighted by Crippen LogP contribution is 2.25. The molecule has 0 radical (unpaired) electrons. The van der Waals surface area contributed by atoms with Crippen molar-refractivity contribution in [3.8, 4) is 0 Å². The van der Waals surface area contributed by atoms with E-state index in [-0.39, 0.29) is 5.91 Å². The highest BCUT2D eigenvalue weighted by Gasteiger charge is 2.18. The predicted molar refractivity (Wildman–Crippen MR) is 101 cm³/mol. The van der Waals surface area contributed by atoms with Crippen LogP contribution in [-0.4, -0.2) is 17.0 Å². The van der Waals surface area contributed by atoms with Gasteiger partial charge in [0, 0.05) is 25.2 Å². The molecule has 0 atom stereocenters. The van der Waals surface area contributed by atoms with Crippen LogP contribution in [0.3, 0.4) is 0 Å². The number of hydrogen-bond acceptors (Lipinski definition) is 2. The van der Waals surface area contributed by atoms with E-state index in [9.17, 15) is 4.79 Å². The minimum Gasteiger partial charge on any atom is -0.460 e. The van der Waals surface area contributed by atoms with Crippen molar-refractivity contribution < 1.29 is 9.21 Å². The van der Waals surface area contributed by atoms with E-state index in [2.05, 4.69) is 44.3 Å². The van der Waals surface area contributed by atoms with E-state index in [0.717, 1.165) is 23.3 Å². The summed E-state index contributed by atoms with van der Waals surface area (Å²) in [5, 5.41) is 3.03. The molecule has 4 nitrogen and oxygen atoms in total. The van der Waals surface area contributed by atoms with Gasteiger partial charge in [-0.05, 0) is 31.7 Å². The predicted octanol–water partition coefficient (Wildman–Crippen LogP) is 4.68. The molecule has 1 N–H and O–H groups in total. The number of rotatable bonds is 6. The Morgan fingerprint density at radius 1 is 1.20 bits per heavy atom. The Kier molecular flexibility index (Phi) is 4.98. The monoisotopic (exact) mass is 338 g/mol. The molecule has 0 aliphatic heterocycles. The summed E-state index contributed by atoms with van der Waals surface area (Å²) in [6.07, 6.45) is 0.972. The first-order valence-electron chi connectivity index (χ1n) is 8.87. The normalized spacial score (nSPS) is 11.4. The van der Waals surface area contributed by atoms with Gasteiger partial charge in [-0.2, -0.15) is 0 Å². The second-order valence-electron chi connectivity index (χ2n) is 7.15. The quantitative estimate of drug-likeness (QED) is 0.709. The summed E-state index contributed by atoms with van der Waals surface area (Å²) in [5.74, 6) is 1.38. The lowest BCUT2D eigenvalue weighted by molar-refractivity contribution is 0.0943. The van der Waals surface area contributed by atoms with Crippen LogP contribution in [0.15, 0.2) is 40.8 Å². The standard InChI is InChI=1S/C21H26N2O2/c1-14(2)8-9-22-21(24)19-12-20-18(11-16(4)25-20)23(19)13-17-7-5-6-15(3)10-17/h5-7,10-12,14H,8-9,13H2,1-4H3,(H,22,24). The van der Waals surface area contributed by atoms with Gasteiger partial charge >= 0.3 is 0 Å². The molecule has 4 heteroatoms. The summed E-state index contributed by atoms with van der Waals surface area (Å²) < 4.78 is 7.79. The van der Waals surface area contributed by atoms with E-state index >= 15 is 0 Å². The van der Waals surface area contributed by atoms with Gasteiger partial charge in [0.2, 0.25) is 0 Å². The first-order valence-corrected chi connectivity index (χ1v) is 8.87. The van der Waals surface area contributed by atoms with E-state index in [0.29, 0.717) is 24.7 Å². The second kappa shape index (κ2) is 7.18. The van der Waals surface area contributed by atoms with Crippen molar-refractivity contribution in [2.75, 3.05) is 6.54 Å². The molecule has 0 saturated carbocycles. The number of carbonyl (C=O) groups is 1. The average molecular weight is 338 g/mol. The van der Waals surface area contributed by atoms with E-state index < -0.39 is 0 Å². The first kappa shape index (κ1) is 17.3. The number of aryl methyl sites for hydroxylation is 2. The summed E-state index contributed by atoms with van der Waals surface area (Å²) in [6.45, 7) is 9.66. The van der Waals surface area contributed by atoms with Crippen LogP contribution in [0.4, 0.5) is 0 Å². The number of nitrogens with zero attached hydrogens (tertiary/aromatic N) is 1. The van der Waals surface area contributed by atoms with Crippen molar-refractivity contribution in [1.29, 1.82) is 0 Å². The van der Waals surface area contributed by atoms with Gasteiger partial charge in [0.05, 0.1) is 5.52 Å². The zero-order valence-corrected chi connectivity index (χ0v) is 15.4. The zero-order valence-electron chi connectivity index (χ0n) is 15.4. The molecule has 0 aliphatic carbocycles. The highest BCUT2D eigenvalue weighted by atomic mass is 16.3. The van der Waals surface area contributed by atoms with Crippen LogP contribution in [0, 0.1) is 19.8 Å². The molecule has 0 fully saturated rings. The third-order valence-electron chi connectivity index (χ3n) is 4.38. The summed E-state index contributed by atoms with van der Waals surface area (Å²) in [5.41, 5.74) is 4.77. The molecular formula is C21H26N2O2. The molecule has 1 amide bonds. The maximum atomic E-state index is 12.7. The molecule has 2 aromatic heterocycles. The Morgan fingerprint density at radius 2 is 2.00 bits per heavy atom. The molecule has 0 aliphatic rings. The Labute approximate surface area is 148 Å². The van der Waals surface area contributed by atoms with Gasteiger partial charge in [0.25, 0.3) is 5.91 Å². The SMILES string of the molecule is Cc1cccc(Cn2c(C(=O)NCCC(C)C)cc3oc(C)cc32)c1. The third-order valence-corrected chi connectivity index (χ3v) is 4.38. The fraction of sp³-hybridized carbons (Fsp3) is 0.381.